The maximum atomic E-state index is 4.40. The third-order valence-electron chi connectivity index (χ3n) is 3.26. The highest BCUT2D eigenvalue weighted by Crippen LogP contribution is 2.32. The van der Waals surface area contributed by atoms with E-state index >= 15 is 0 Å². The molecule has 0 fully saturated rings. The number of nitrogens with zero attached hydrogens (tertiary/aromatic N) is 2. The average Bonchev–Trinajstić information content (AvgIpc) is 2.96. The molecule has 17 heavy (non-hydrogen) atoms. The predicted octanol–water partition coefficient (Wildman–Crippen LogP) is 2.93. The first-order valence-electron chi connectivity index (χ1n) is 6.27. The normalized spacial score (nSPS) is 13.5. The zero-order chi connectivity index (χ0) is 11.7. The lowest BCUT2D eigenvalue weighted by molar-refractivity contribution is 0.603. The van der Waals surface area contributed by atoms with Gasteiger partial charge in [-0.25, -0.2) is 0 Å². The Hall–Kier alpha value is -1.77. The summed E-state index contributed by atoms with van der Waals surface area (Å²) in [6.07, 6.45) is 6.36. The number of aryl methyl sites for hydroxylation is 1. The Morgan fingerprint density at radius 1 is 1.41 bits per heavy atom. The van der Waals surface area contributed by atoms with Gasteiger partial charge in [0.25, 0.3) is 0 Å². The van der Waals surface area contributed by atoms with E-state index in [1.807, 2.05) is 10.9 Å². The summed E-state index contributed by atoms with van der Waals surface area (Å²) in [5, 5.41) is 7.82. The summed E-state index contributed by atoms with van der Waals surface area (Å²) < 4.78 is 2.02. The van der Waals surface area contributed by atoms with Gasteiger partial charge in [0.05, 0.1) is 6.20 Å². The molecule has 3 heteroatoms. The fourth-order valence-corrected chi connectivity index (χ4v) is 2.47. The Kier molecular flexibility index (Phi) is 2.59. The molecular weight excluding hydrogens is 210 g/mol. The van der Waals surface area contributed by atoms with Crippen LogP contribution in [0.15, 0.2) is 30.6 Å². The van der Waals surface area contributed by atoms with E-state index in [0.717, 1.165) is 25.9 Å². The summed E-state index contributed by atoms with van der Waals surface area (Å²) in [6, 6.07) is 6.46. The van der Waals surface area contributed by atoms with E-state index in [0.29, 0.717) is 0 Å². The van der Waals surface area contributed by atoms with Crippen molar-refractivity contribution in [2.75, 3.05) is 11.9 Å². The molecule has 1 N–H and O–H groups in total. The number of anilines is 1. The van der Waals surface area contributed by atoms with Crippen LogP contribution in [0, 0.1) is 0 Å². The van der Waals surface area contributed by atoms with Crippen LogP contribution in [0.1, 0.15) is 18.9 Å². The molecule has 0 radical (unpaired) electrons. The molecule has 1 aliphatic rings. The Balaban J connectivity index is 2.00. The highest BCUT2D eigenvalue weighted by Gasteiger charge is 2.15. The Morgan fingerprint density at radius 3 is 3.24 bits per heavy atom. The number of benzene rings is 1. The van der Waals surface area contributed by atoms with Crippen molar-refractivity contribution < 1.29 is 0 Å². The molecule has 0 unspecified atom stereocenters. The summed E-state index contributed by atoms with van der Waals surface area (Å²) in [6.45, 7) is 4.22. The second-order valence-corrected chi connectivity index (χ2v) is 4.50. The first kappa shape index (κ1) is 10.4. The van der Waals surface area contributed by atoms with Crippen LogP contribution in [0.2, 0.25) is 0 Å². The molecule has 1 aromatic heterocycles. The molecular formula is C14H17N3. The summed E-state index contributed by atoms with van der Waals surface area (Å²) in [5.74, 6) is 0. The lowest BCUT2D eigenvalue weighted by atomic mass is 10.0. The Morgan fingerprint density at radius 2 is 2.35 bits per heavy atom. The van der Waals surface area contributed by atoms with Gasteiger partial charge in [0.15, 0.2) is 0 Å². The lowest BCUT2D eigenvalue weighted by Gasteiger charge is -2.05. The predicted molar refractivity (Wildman–Crippen MR) is 70.1 cm³/mol. The van der Waals surface area contributed by atoms with Crippen LogP contribution in [0.3, 0.4) is 0 Å². The van der Waals surface area contributed by atoms with Gasteiger partial charge in [-0.15, -0.1) is 0 Å². The molecule has 1 aromatic carbocycles. The molecule has 0 spiro atoms. The molecule has 0 saturated carbocycles. The number of fused-ring (bicyclic) bond motifs is 1. The maximum Gasteiger partial charge on any atom is 0.0568 e. The van der Waals surface area contributed by atoms with Gasteiger partial charge in [-0.3, -0.25) is 4.68 Å². The van der Waals surface area contributed by atoms with Crippen LogP contribution < -0.4 is 5.32 Å². The van der Waals surface area contributed by atoms with Crippen LogP contribution in [-0.2, 0) is 13.0 Å². The molecule has 3 rings (SSSR count). The van der Waals surface area contributed by atoms with E-state index in [1.165, 1.54) is 22.4 Å². The Labute approximate surface area is 101 Å². The fourth-order valence-electron chi connectivity index (χ4n) is 2.47. The second kappa shape index (κ2) is 4.24. The minimum absolute atomic E-state index is 0.993. The van der Waals surface area contributed by atoms with Gasteiger partial charge in [0, 0.05) is 30.5 Å². The van der Waals surface area contributed by atoms with Crippen molar-refractivity contribution in [2.45, 2.75) is 26.3 Å². The zero-order valence-electron chi connectivity index (χ0n) is 10.1. The van der Waals surface area contributed by atoms with E-state index in [2.05, 4.69) is 41.7 Å². The highest BCUT2D eigenvalue weighted by molar-refractivity contribution is 5.75. The van der Waals surface area contributed by atoms with Crippen molar-refractivity contribution in [2.24, 2.45) is 0 Å². The van der Waals surface area contributed by atoms with Crippen LogP contribution in [0.25, 0.3) is 11.1 Å². The minimum atomic E-state index is 0.993. The Bertz CT molecular complexity index is 528. The summed E-state index contributed by atoms with van der Waals surface area (Å²) in [5.41, 5.74) is 5.28. The van der Waals surface area contributed by atoms with Gasteiger partial charge in [-0.05, 0) is 30.0 Å². The van der Waals surface area contributed by atoms with Crippen molar-refractivity contribution >= 4 is 5.69 Å². The number of aromatic nitrogens is 2. The molecule has 88 valence electrons. The van der Waals surface area contributed by atoms with Gasteiger partial charge in [0.1, 0.15) is 0 Å². The van der Waals surface area contributed by atoms with Gasteiger partial charge in [-0.1, -0.05) is 19.1 Å². The molecule has 0 aliphatic carbocycles. The average molecular weight is 227 g/mol. The molecule has 3 nitrogen and oxygen atoms in total. The fraction of sp³-hybridized carbons (Fsp3) is 0.357. The molecule has 0 amide bonds. The minimum Gasteiger partial charge on any atom is -0.384 e. The first-order chi connectivity index (χ1) is 8.38. The van der Waals surface area contributed by atoms with Crippen molar-refractivity contribution in [3.63, 3.8) is 0 Å². The number of hydrogen-bond donors (Lipinski definition) is 1. The zero-order valence-corrected chi connectivity index (χ0v) is 10.1. The van der Waals surface area contributed by atoms with Crippen LogP contribution in [-0.4, -0.2) is 16.3 Å². The highest BCUT2D eigenvalue weighted by atomic mass is 15.3. The largest absolute Gasteiger partial charge is 0.384 e. The third-order valence-corrected chi connectivity index (χ3v) is 3.26. The van der Waals surface area contributed by atoms with Gasteiger partial charge >= 0.3 is 0 Å². The van der Waals surface area contributed by atoms with Gasteiger partial charge in [0.2, 0.25) is 0 Å². The molecule has 0 saturated heterocycles. The van der Waals surface area contributed by atoms with Crippen LogP contribution in [0.4, 0.5) is 5.69 Å². The number of hydrogen-bond acceptors (Lipinski definition) is 2. The van der Waals surface area contributed by atoms with E-state index < -0.39 is 0 Å². The monoisotopic (exact) mass is 227 g/mol. The van der Waals surface area contributed by atoms with E-state index in [-0.39, 0.29) is 0 Å². The third kappa shape index (κ3) is 1.82. The van der Waals surface area contributed by atoms with Gasteiger partial charge in [-0.2, -0.15) is 5.10 Å². The van der Waals surface area contributed by atoms with Crippen LogP contribution in [0.5, 0.6) is 0 Å². The smallest absolute Gasteiger partial charge is 0.0568 e. The van der Waals surface area contributed by atoms with Crippen molar-refractivity contribution in [1.82, 2.24) is 9.78 Å². The molecule has 2 heterocycles. The maximum absolute atomic E-state index is 4.40. The van der Waals surface area contributed by atoms with E-state index in [4.69, 9.17) is 0 Å². The van der Waals surface area contributed by atoms with Crippen molar-refractivity contribution in [1.29, 1.82) is 0 Å². The van der Waals surface area contributed by atoms with Gasteiger partial charge < -0.3 is 5.32 Å². The van der Waals surface area contributed by atoms with Crippen LogP contribution >= 0.6 is 0 Å². The second-order valence-electron chi connectivity index (χ2n) is 4.50. The van der Waals surface area contributed by atoms with Crippen molar-refractivity contribution in [3.05, 3.63) is 36.2 Å². The topological polar surface area (TPSA) is 29.9 Å². The SMILES string of the molecule is CCCn1cc(-c2cccc3c2CCN3)cn1. The van der Waals surface area contributed by atoms with E-state index in [1.54, 1.807) is 0 Å². The molecule has 0 bridgehead atoms. The summed E-state index contributed by atoms with van der Waals surface area (Å²) in [7, 11) is 0. The molecule has 0 atom stereocenters. The number of nitrogens with one attached hydrogen (secondary N) is 1. The quantitative estimate of drug-likeness (QED) is 0.873. The molecule has 1 aliphatic heterocycles. The standard InChI is InChI=1S/C14H17N3/c1-2-8-17-10-11(9-16-17)12-4-3-5-14-13(12)6-7-15-14/h3-5,9-10,15H,2,6-8H2,1H3. The lowest BCUT2D eigenvalue weighted by Crippen LogP contribution is -1.95. The summed E-state index contributed by atoms with van der Waals surface area (Å²) in [4.78, 5) is 0. The van der Waals surface area contributed by atoms with E-state index in [9.17, 15) is 0 Å². The summed E-state index contributed by atoms with van der Waals surface area (Å²) >= 11 is 0. The number of rotatable bonds is 3. The first-order valence-corrected chi connectivity index (χ1v) is 6.27. The van der Waals surface area contributed by atoms with Crippen molar-refractivity contribution in [3.8, 4) is 11.1 Å². The molecule has 2 aromatic rings.